The van der Waals surface area contributed by atoms with Gasteiger partial charge in [-0.25, -0.2) is 0 Å². The fourth-order valence-corrected chi connectivity index (χ4v) is 3.19. The zero-order chi connectivity index (χ0) is 15.4. The minimum atomic E-state index is -0.254. The SMILES string of the molecule is CC(C)(C)N[C@@H](CCC1CCCCC1)C(=O)C(C)(C)C. The molecule has 2 heteroatoms. The van der Waals surface area contributed by atoms with E-state index < -0.39 is 0 Å². The zero-order valence-electron chi connectivity index (χ0n) is 14.5. The number of ketones is 1. The van der Waals surface area contributed by atoms with Crippen molar-refractivity contribution in [1.82, 2.24) is 5.32 Å². The Morgan fingerprint density at radius 1 is 1.05 bits per heavy atom. The summed E-state index contributed by atoms with van der Waals surface area (Å²) in [5.74, 6) is 1.21. The molecule has 0 bridgehead atoms. The van der Waals surface area contributed by atoms with E-state index in [2.05, 4.69) is 26.1 Å². The summed E-state index contributed by atoms with van der Waals surface area (Å²) < 4.78 is 0. The van der Waals surface area contributed by atoms with Gasteiger partial charge in [-0.1, -0.05) is 52.9 Å². The van der Waals surface area contributed by atoms with Crippen molar-refractivity contribution in [2.24, 2.45) is 11.3 Å². The monoisotopic (exact) mass is 281 g/mol. The lowest BCUT2D eigenvalue weighted by Gasteiger charge is -2.33. The predicted molar refractivity (Wildman–Crippen MR) is 86.9 cm³/mol. The van der Waals surface area contributed by atoms with Gasteiger partial charge in [-0.3, -0.25) is 4.79 Å². The minimum absolute atomic E-state index is 0.00184. The summed E-state index contributed by atoms with van der Waals surface area (Å²) in [6.07, 6.45) is 9.11. The third-order valence-electron chi connectivity index (χ3n) is 4.25. The molecule has 0 aromatic carbocycles. The molecule has 0 aliphatic heterocycles. The molecule has 0 spiro atoms. The number of Topliss-reactive ketones (excluding diaryl/α,β-unsaturated/α-hetero) is 1. The van der Waals surface area contributed by atoms with E-state index in [1.807, 2.05) is 20.8 Å². The van der Waals surface area contributed by atoms with Crippen LogP contribution in [0.5, 0.6) is 0 Å². The molecule has 0 radical (unpaired) electrons. The highest BCUT2D eigenvalue weighted by molar-refractivity contribution is 5.88. The van der Waals surface area contributed by atoms with Crippen LogP contribution in [0.4, 0.5) is 0 Å². The molecule has 0 saturated heterocycles. The summed E-state index contributed by atoms with van der Waals surface area (Å²) in [6, 6.07) is 0.0110. The van der Waals surface area contributed by atoms with Crippen LogP contribution in [0.25, 0.3) is 0 Å². The fourth-order valence-electron chi connectivity index (χ4n) is 3.19. The number of hydrogen-bond acceptors (Lipinski definition) is 2. The van der Waals surface area contributed by atoms with Gasteiger partial charge < -0.3 is 5.32 Å². The van der Waals surface area contributed by atoms with Gasteiger partial charge in [0.25, 0.3) is 0 Å². The molecule has 20 heavy (non-hydrogen) atoms. The van der Waals surface area contributed by atoms with Crippen molar-refractivity contribution in [3.05, 3.63) is 0 Å². The van der Waals surface area contributed by atoms with Crippen LogP contribution in [0, 0.1) is 11.3 Å². The molecule has 1 aliphatic rings. The first-order chi connectivity index (χ1) is 9.09. The molecule has 1 rings (SSSR count). The Morgan fingerprint density at radius 3 is 2.05 bits per heavy atom. The van der Waals surface area contributed by atoms with E-state index >= 15 is 0 Å². The molecule has 1 aliphatic carbocycles. The van der Waals surface area contributed by atoms with Crippen molar-refractivity contribution in [2.45, 2.75) is 98.1 Å². The lowest BCUT2D eigenvalue weighted by atomic mass is 9.80. The summed E-state index contributed by atoms with van der Waals surface area (Å²) in [5.41, 5.74) is -0.256. The predicted octanol–water partition coefficient (Wildman–Crippen LogP) is 4.72. The van der Waals surface area contributed by atoms with Crippen LogP contribution in [-0.2, 0) is 4.79 Å². The maximum atomic E-state index is 12.7. The van der Waals surface area contributed by atoms with Crippen molar-refractivity contribution in [1.29, 1.82) is 0 Å². The highest BCUT2D eigenvalue weighted by Gasteiger charge is 2.32. The number of hydrogen-bond donors (Lipinski definition) is 1. The summed E-state index contributed by atoms with van der Waals surface area (Å²) >= 11 is 0. The van der Waals surface area contributed by atoms with Crippen LogP contribution in [0.15, 0.2) is 0 Å². The van der Waals surface area contributed by atoms with Gasteiger partial charge >= 0.3 is 0 Å². The molecule has 0 aromatic heterocycles. The summed E-state index contributed by atoms with van der Waals surface area (Å²) in [4.78, 5) is 12.7. The van der Waals surface area contributed by atoms with Crippen molar-refractivity contribution in [3.63, 3.8) is 0 Å². The molecular formula is C18H35NO. The van der Waals surface area contributed by atoms with E-state index in [9.17, 15) is 4.79 Å². The van der Waals surface area contributed by atoms with Gasteiger partial charge in [-0.15, -0.1) is 0 Å². The summed E-state index contributed by atoms with van der Waals surface area (Å²) in [6.45, 7) is 12.6. The topological polar surface area (TPSA) is 29.1 Å². The molecule has 0 amide bonds. The van der Waals surface area contributed by atoms with E-state index in [-0.39, 0.29) is 17.0 Å². The highest BCUT2D eigenvalue weighted by atomic mass is 16.1. The molecule has 1 saturated carbocycles. The zero-order valence-corrected chi connectivity index (χ0v) is 14.5. The maximum absolute atomic E-state index is 12.7. The van der Waals surface area contributed by atoms with Gasteiger partial charge in [0.05, 0.1) is 6.04 Å². The van der Waals surface area contributed by atoms with Crippen LogP contribution in [0.1, 0.15) is 86.5 Å². The molecule has 1 fully saturated rings. The average molecular weight is 281 g/mol. The Bertz CT molecular complexity index is 302. The number of nitrogens with one attached hydrogen (secondary N) is 1. The normalized spacial score (nSPS) is 19.9. The maximum Gasteiger partial charge on any atom is 0.155 e. The minimum Gasteiger partial charge on any atom is -0.303 e. The molecule has 118 valence electrons. The van der Waals surface area contributed by atoms with E-state index in [1.165, 1.54) is 38.5 Å². The van der Waals surface area contributed by atoms with Crippen LogP contribution in [0.2, 0.25) is 0 Å². The largest absolute Gasteiger partial charge is 0.303 e. The second-order valence-electron chi connectivity index (χ2n) is 8.64. The van der Waals surface area contributed by atoms with Crippen molar-refractivity contribution >= 4 is 5.78 Å². The van der Waals surface area contributed by atoms with Gasteiger partial charge in [-0.2, -0.15) is 0 Å². The van der Waals surface area contributed by atoms with Gasteiger partial charge in [0.15, 0.2) is 5.78 Å². The summed E-state index contributed by atoms with van der Waals surface area (Å²) in [5, 5.41) is 3.55. The Labute approximate surface area is 126 Å². The van der Waals surface area contributed by atoms with Crippen molar-refractivity contribution in [3.8, 4) is 0 Å². The Kier molecular flexibility index (Phi) is 6.25. The van der Waals surface area contributed by atoms with Gasteiger partial charge in [0, 0.05) is 11.0 Å². The van der Waals surface area contributed by atoms with Crippen LogP contribution < -0.4 is 5.32 Å². The van der Waals surface area contributed by atoms with E-state index in [0.717, 1.165) is 12.3 Å². The van der Waals surface area contributed by atoms with Crippen LogP contribution >= 0.6 is 0 Å². The third-order valence-corrected chi connectivity index (χ3v) is 4.25. The number of carbonyl (C=O) groups is 1. The van der Waals surface area contributed by atoms with E-state index in [1.54, 1.807) is 0 Å². The molecule has 0 unspecified atom stereocenters. The fraction of sp³-hybridized carbons (Fsp3) is 0.944. The van der Waals surface area contributed by atoms with Crippen LogP contribution in [0.3, 0.4) is 0 Å². The lowest BCUT2D eigenvalue weighted by molar-refractivity contribution is -0.129. The number of rotatable bonds is 5. The molecule has 1 atom stereocenters. The third kappa shape index (κ3) is 6.39. The molecular weight excluding hydrogens is 246 g/mol. The Morgan fingerprint density at radius 2 is 1.60 bits per heavy atom. The Hall–Kier alpha value is -0.370. The molecule has 1 N–H and O–H groups in total. The Balaban J connectivity index is 2.60. The van der Waals surface area contributed by atoms with E-state index in [0.29, 0.717) is 5.78 Å². The average Bonchev–Trinajstić information content (AvgIpc) is 2.32. The summed E-state index contributed by atoms with van der Waals surface area (Å²) in [7, 11) is 0. The molecule has 0 heterocycles. The van der Waals surface area contributed by atoms with E-state index in [4.69, 9.17) is 0 Å². The first-order valence-corrected chi connectivity index (χ1v) is 8.41. The van der Waals surface area contributed by atoms with Crippen molar-refractivity contribution in [2.75, 3.05) is 0 Å². The molecule has 0 aromatic rings. The number of carbonyl (C=O) groups excluding carboxylic acids is 1. The smallest absolute Gasteiger partial charge is 0.155 e. The van der Waals surface area contributed by atoms with Gasteiger partial charge in [0.2, 0.25) is 0 Å². The standard InChI is InChI=1S/C18H35NO/c1-17(2,3)16(20)15(19-18(4,5)6)13-12-14-10-8-7-9-11-14/h14-15,19H,7-13H2,1-6H3/t15-/m0/s1. The van der Waals surface area contributed by atoms with Gasteiger partial charge in [-0.05, 0) is 39.5 Å². The quantitative estimate of drug-likeness (QED) is 0.790. The first-order valence-electron chi connectivity index (χ1n) is 8.41. The first kappa shape index (κ1) is 17.7. The molecule has 2 nitrogen and oxygen atoms in total. The highest BCUT2D eigenvalue weighted by Crippen LogP contribution is 2.29. The van der Waals surface area contributed by atoms with Crippen LogP contribution in [-0.4, -0.2) is 17.4 Å². The second kappa shape index (κ2) is 7.06. The second-order valence-corrected chi connectivity index (χ2v) is 8.64. The van der Waals surface area contributed by atoms with Crippen molar-refractivity contribution < 1.29 is 4.79 Å². The lowest BCUT2D eigenvalue weighted by Crippen LogP contribution is -2.51. The van der Waals surface area contributed by atoms with Gasteiger partial charge in [0.1, 0.15) is 0 Å².